The van der Waals surface area contributed by atoms with Crippen molar-refractivity contribution in [3.05, 3.63) is 75.4 Å². The molecule has 3 rings (SSSR count). The maximum absolute atomic E-state index is 12.3. The van der Waals surface area contributed by atoms with Crippen molar-refractivity contribution in [2.45, 2.75) is 26.2 Å². The third-order valence-electron chi connectivity index (χ3n) is 4.33. The van der Waals surface area contributed by atoms with Crippen molar-refractivity contribution >= 4 is 17.2 Å². The van der Waals surface area contributed by atoms with Gasteiger partial charge >= 0.3 is 0 Å². The van der Waals surface area contributed by atoms with E-state index in [1.54, 1.807) is 12.1 Å². The van der Waals surface area contributed by atoms with Gasteiger partial charge in [-0.2, -0.15) is 0 Å². The molecule has 3 aromatic rings. The molecular formula is C22H24N2O3S. The van der Waals surface area contributed by atoms with Crippen LogP contribution in [0.5, 0.6) is 5.75 Å². The smallest absolute Gasteiger partial charge is 0.261 e. The molecule has 146 valence electrons. The minimum atomic E-state index is -0.378. The van der Waals surface area contributed by atoms with E-state index < -0.39 is 0 Å². The summed E-state index contributed by atoms with van der Waals surface area (Å²) in [6.45, 7) is 3.32. The number of aromatic amines is 1. The predicted octanol–water partition coefficient (Wildman–Crippen LogP) is 4.25. The van der Waals surface area contributed by atoms with Gasteiger partial charge in [-0.25, -0.2) is 0 Å². The molecule has 0 spiro atoms. The first-order valence-electron chi connectivity index (χ1n) is 9.44. The van der Waals surface area contributed by atoms with Gasteiger partial charge in [0.25, 0.3) is 11.5 Å². The summed E-state index contributed by atoms with van der Waals surface area (Å²) in [7, 11) is 0. The first-order chi connectivity index (χ1) is 13.7. The van der Waals surface area contributed by atoms with Gasteiger partial charge in [0.15, 0.2) is 0 Å². The largest absolute Gasteiger partial charge is 0.494 e. The molecule has 0 unspecified atom stereocenters. The second kappa shape index (κ2) is 9.90. The Bertz CT molecular complexity index is 947. The second-order valence-corrected chi connectivity index (χ2v) is 7.39. The first-order valence-corrected chi connectivity index (χ1v) is 10.3. The number of pyridine rings is 1. The van der Waals surface area contributed by atoms with Gasteiger partial charge in [0.2, 0.25) is 0 Å². The minimum Gasteiger partial charge on any atom is -0.494 e. The number of ether oxygens (including phenoxy) is 1. The van der Waals surface area contributed by atoms with Crippen LogP contribution >= 0.6 is 11.3 Å². The molecule has 0 bridgehead atoms. The summed E-state index contributed by atoms with van der Waals surface area (Å²) in [6, 6.07) is 15.1. The molecule has 0 radical (unpaired) electrons. The molecule has 0 aliphatic heterocycles. The van der Waals surface area contributed by atoms with Crippen molar-refractivity contribution < 1.29 is 9.53 Å². The van der Waals surface area contributed by atoms with Crippen LogP contribution in [0.2, 0.25) is 0 Å². The van der Waals surface area contributed by atoms with E-state index in [1.807, 2.05) is 41.8 Å². The summed E-state index contributed by atoms with van der Waals surface area (Å²) in [5.41, 5.74) is 1.57. The van der Waals surface area contributed by atoms with Crippen molar-refractivity contribution in [1.82, 2.24) is 10.3 Å². The molecule has 2 N–H and O–H groups in total. The van der Waals surface area contributed by atoms with Gasteiger partial charge < -0.3 is 15.0 Å². The van der Waals surface area contributed by atoms with Crippen LogP contribution in [-0.2, 0) is 6.42 Å². The highest BCUT2D eigenvalue weighted by atomic mass is 32.1. The van der Waals surface area contributed by atoms with Crippen LogP contribution < -0.4 is 15.6 Å². The lowest BCUT2D eigenvalue weighted by Gasteiger charge is -2.08. The number of amides is 1. The molecular weight excluding hydrogens is 372 g/mol. The third kappa shape index (κ3) is 5.33. The lowest BCUT2D eigenvalue weighted by Crippen LogP contribution is -2.31. The number of carbonyl (C=O) groups excluding carboxylic acids is 1. The Morgan fingerprint density at radius 3 is 2.64 bits per heavy atom. The van der Waals surface area contributed by atoms with Crippen molar-refractivity contribution in [2.24, 2.45) is 0 Å². The van der Waals surface area contributed by atoms with Gasteiger partial charge in [0.1, 0.15) is 11.3 Å². The standard InChI is InChI=1S/C22H24N2O3S/c1-2-3-14-27-17-8-6-16(7-9-17)12-13-23-21(25)18-10-11-19(24-22(18)26)20-5-4-15-28-20/h4-11,15H,2-3,12-14H2,1H3,(H,23,25)(H,24,26). The lowest BCUT2D eigenvalue weighted by atomic mass is 10.1. The van der Waals surface area contributed by atoms with E-state index >= 15 is 0 Å². The number of aromatic nitrogens is 1. The van der Waals surface area contributed by atoms with E-state index in [9.17, 15) is 9.59 Å². The van der Waals surface area contributed by atoms with Crippen LogP contribution in [0, 0.1) is 0 Å². The average molecular weight is 397 g/mol. The SMILES string of the molecule is CCCCOc1ccc(CCNC(=O)c2ccc(-c3cccs3)[nH]c2=O)cc1. The highest BCUT2D eigenvalue weighted by Crippen LogP contribution is 2.21. The molecule has 0 fully saturated rings. The van der Waals surface area contributed by atoms with Gasteiger partial charge in [-0.05, 0) is 54.1 Å². The minimum absolute atomic E-state index is 0.125. The Morgan fingerprint density at radius 2 is 1.96 bits per heavy atom. The van der Waals surface area contributed by atoms with Crippen LogP contribution in [0.25, 0.3) is 10.6 Å². The molecule has 0 atom stereocenters. The van der Waals surface area contributed by atoms with Gasteiger partial charge in [-0.15, -0.1) is 11.3 Å². The summed E-state index contributed by atoms with van der Waals surface area (Å²) in [5, 5.41) is 4.75. The van der Waals surface area contributed by atoms with E-state index in [0.29, 0.717) is 13.0 Å². The van der Waals surface area contributed by atoms with Crippen LogP contribution in [-0.4, -0.2) is 24.0 Å². The summed E-state index contributed by atoms with van der Waals surface area (Å²) in [4.78, 5) is 28.3. The molecule has 6 heteroatoms. The number of H-pyrrole nitrogens is 1. The fraction of sp³-hybridized carbons (Fsp3) is 0.273. The molecule has 1 aromatic carbocycles. The number of thiophene rings is 1. The monoisotopic (exact) mass is 396 g/mol. The van der Waals surface area contributed by atoms with E-state index in [-0.39, 0.29) is 17.0 Å². The molecule has 2 aromatic heterocycles. The van der Waals surface area contributed by atoms with E-state index in [4.69, 9.17) is 4.74 Å². The lowest BCUT2D eigenvalue weighted by molar-refractivity contribution is 0.0952. The Morgan fingerprint density at radius 1 is 1.14 bits per heavy atom. The van der Waals surface area contributed by atoms with Crippen LogP contribution in [0.1, 0.15) is 35.7 Å². The van der Waals surface area contributed by atoms with E-state index in [1.165, 1.54) is 11.3 Å². The van der Waals surface area contributed by atoms with Gasteiger partial charge in [0.05, 0.1) is 17.2 Å². The Balaban J connectivity index is 1.51. The summed E-state index contributed by atoms with van der Waals surface area (Å²) in [6.07, 6.45) is 2.84. The number of benzene rings is 1. The van der Waals surface area contributed by atoms with Crippen molar-refractivity contribution in [2.75, 3.05) is 13.2 Å². The average Bonchev–Trinajstić information content (AvgIpc) is 3.24. The number of hydrogen-bond donors (Lipinski definition) is 2. The zero-order chi connectivity index (χ0) is 19.8. The highest BCUT2D eigenvalue weighted by molar-refractivity contribution is 7.13. The van der Waals surface area contributed by atoms with Gasteiger partial charge in [-0.1, -0.05) is 31.5 Å². The number of nitrogens with one attached hydrogen (secondary N) is 2. The normalized spacial score (nSPS) is 10.6. The maximum Gasteiger partial charge on any atom is 0.261 e. The molecule has 5 nitrogen and oxygen atoms in total. The molecule has 1 amide bonds. The van der Waals surface area contributed by atoms with Crippen molar-refractivity contribution in [3.8, 4) is 16.3 Å². The van der Waals surface area contributed by atoms with E-state index in [0.717, 1.165) is 41.3 Å². The van der Waals surface area contributed by atoms with Crippen LogP contribution in [0.3, 0.4) is 0 Å². The molecule has 2 heterocycles. The zero-order valence-corrected chi connectivity index (χ0v) is 16.7. The Hall–Kier alpha value is -2.86. The maximum atomic E-state index is 12.3. The molecule has 28 heavy (non-hydrogen) atoms. The molecule has 0 saturated carbocycles. The summed E-state index contributed by atoms with van der Waals surface area (Å²) < 4.78 is 5.64. The van der Waals surface area contributed by atoms with E-state index in [2.05, 4.69) is 17.2 Å². The summed E-state index contributed by atoms with van der Waals surface area (Å²) in [5.74, 6) is 0.497. The van der Waals surface area contributed by atoms with Gasteiger partial charge in [-0.3, -0.25) is 9.59 Å². The van der Waals surface area contributed by atoms with Gasteiger partial charge in [0, 0.05) is 6.54 Å². The second-order valence-electron chi connectivity index (χ2n) is 6.44. The quantitative estimate of drug-likeness (QED) is 0.531. The zero-order valence-electron chi connectivity index (χ0n) is 15.9. The fourth-order valence-corrected chi connectivity index (χ4v) is 3.44. The topological polar surface area (TPSA) is 71.2 Å². The fourth-order valence-electron chi connectivity index (χ4n) is 2.73. The number of hydrogen-bond acceptors (Lipinski definition) is 4. The molecule has 0 saturated heterocycles. The highest BCUT2D eigenvalue weighted by Gasteiger charge is 2.11. The van der Waals surface area contributed by atoms with Crippen LogP contribution in [0.15, 0.2) is 58.7 Å². The van der Waals surface area contributed by atoms with Crippen molar-refractivity contribution in [3.63, 3.8) is 0 Å². The molecule has 0 aliphatic carbocycles. The number of carbonyl (C=O) groups is 1. The Kier molecular flexibility index (Phi) is 7.03. The number of rotatable bonds is 9. The first kappa shape index (κ1) is 19.9. The number of unbranched alkanes of at least 4 members (excludes halogenated alkanes) is 1. The molecule has 0 aliphatic rings. The third-order valence-corrected chi connectivity index (χ3v) is 5.23. The predicted molar refractivity (Wildman–Crippen MR) is 113 cm³/mol. The van der Waals surface area contributed by atoms with Crippen LogP contribution in [0.4, 0.5) is 0 Å². The van der Waals surface area contributed by atoms with Crippen molar-refractivity contribution in [1.29, 1.82) is 0 Å². The Labute approximate surface area is 168 Å². The summed E-state index contributed by atoms with van der Waals surface area (Å²) >= 11 is 1.54.